The Morgan fingerprint density at radius 2 is 1.84 bits per heavy atom. The van der Waals surface area contributed by atoms with Crippen molar-refractivity contribution >= 4 is 28.8 Å². The van der Waals surface area contributed by atoms with E-state index in [1.165, 1.54) is 6.92 Å². The average Bonchev–Trinajstić information content (AvgIpc) is 2.27. The summed E-state index contributed by atoms with van der Waals surface area (Å²) in [6, 6.07) is 2.81. The van der Waals surface area contributed by atoms with Crippen molar-refractivity contribution < 1.29 is 19.4 Å². The molecule has 0 saturated carbocycles. The number of non-ortho nitro benzene ring substituents is 1. The highest BCUT2D eigenvalue weighted by Crippen LogP contribution is 2.28. The monoisotopic (exact) mass is 267 g/mol. The number of nitro groups is 2. The molecule has 0 saturated heterocycles. The quantitative estimate of drug-likeness (QED) is 0.487. The Labute approximate surface area is 106 Å². The first-order chi connectivity index (χ1) is 8.81. The van der Waals surface area contributed by atoms with Crippen molar-refractivity contribution in [2.75, 3.05) is 5.32 Å². The predicted molar refractivity (Wildman–Crippen MR) is 63.7 cm³/mol. The van der Waals surface area contributed by atoms with Crippen molar-refractivity contribution in [3.63, 3.8) is 0 Å². The second-order valence-corrected chi connectivity index (χ2v) is 3.64. The molecule has 1 amide bonds. The van der Waals surface area contributed by atoms with Crippen LogP contribution in [0, 0.1) is 20.2 Å². The number of ketones is 1. The zero-order chi connectivity index (χ0) is 14.6. The summed E-state index contributed by atoms with van der Waals surface area (Å²) in [7, 11) is 0. The van der Waals surface area contributed by atoms with Gasteiger partial charge in [-0.15, -0.1) is 0 Å². The number of carbonyl (C=O) groups excluding carboxylic acids is 2. The summed E-state index contributed by atoms with van der Waals surface area (Å²) in [5.41, 5.74) is -1.26. The molecule has 0 aliphatic rings. The molecule has 0 spiro atoms. The van der Waals surface area contributed by atoms with Gasteiger partial charge in [0.15, 0.2) is 0 Å². The van der Waals surface area contributed by atoms with E-state index in [9.17, 15) is 29.8 Å². The summed E-state index contributed by atoms with van der Waals surface area (Å²) >= 11 is 0. The Bertz CT molecular complexity index is 568. The Kier molecular flexibility index (Phi) is 4.24. The molecular weight excluding hydrogens is 258 g/mol. The fraction of sp³-hybridized carbons (Fsp3) is 0.200. The van der Waals surface area contributed by atoms with E-state index in [0.29, 0.717) is 0 Å². The number of anilines is 1. The standard InChI is InChI=1S/C10H9N3O6/c1-6(14)4-10(15)11-8-3-2-7(12(16)17)5-9(8)13(18)19/h2-3,5H,4H2,1H3,(H,11,15). The van der Waals surface area contributed by atoms with Crippen LogP contribution in [0.1, 0.15) is 13.3 Å². The largest absolute Gasteiger partial charge is 0.320 e. The molecule has 0 heterocycles. The number of nitrogens with zero attached hydrogens (tertiary/aromatic N) is 2. The molecule has 9 nitrogen and oxygen atoms in total. The lowest BCUT2D eigenvalue weighted by Crippen LogP contribution is -2.15. The van der Waals surface area contributed by atoms with E-state index in [0.717, 1.165) is 18.2 Å². The minimum absolute atomic E-state index is 0.193. The first-order valence-electron chi connectivity index (χ1n) is 5.03. The molecule has 0 atom stereocenters. The van der Waals surface area contributed by atoms with Gasteiger partial charge in [-0.05, 0) is 13.0 Å². The zero-order valence-electron chi connectivity index (χ0n) is 9.78. The van der Waals surface area contributed by atoms with Crippen molar-refractivity contribution in [1.82, 2.24) is 0 Å². The van der Waals surface area contributed by atoms with E-state index < -0.39 is 39.3 Å². The third-order valence-corrected chi connectivity index (χ3v) is 2.07. The molecule has 0 bridgehead atoms. The first kappa shape index (κ1) is 14.2. The van der Waals surface area contributed by atoms with Gasteiger partial charge in [0.2, 0.25) is 5.91 Å². The average molecular weight is 267 g/mol. The van der Waals surface area contributed by atoms with Crippen molar-refractivity contribution in [3.05, 3.63) is 38.4 Å². The van der Waals surface area contributed by atoms with Crippen LogP contribution in [0.3, 0.4) is 0 Å². The van der Waals surface area contributed by atoms with Gasteiger partial charge in [0.1, 0.15) is 11.5 Å². The molecule has 1 N–H and O–H groups in total. The number of hydrogen-bond acceptors (Lipinski definition) is 6. The Morgan fingerprint density at radius 1 is 1.21 bits per heavy atom. The van der Waals surface area contributed by atoms with E-state index >= 15 is 0 Å². The Morgan fingerprint density at radius 3 is 2.32 bits per heavy atom. The summed E-state index contributed by atoms with van der Waals surface area (Å²) in [6.45, 7) is 1.20. The normalized spacial score (nSPS) is 9.74. The van der Waals surface area contributed by atoms with Crippen LogP contribution in [-0.4, -0.2) is 21.5 Å². The van der Waals surface area contributed by atoms with Crippen LogP contribution in [-0.2, 0) is 9.59 Å². The summed E-state index contributed by atoms with van der Waals surface area (Å²) in [6.07, 6.45) is -0.422. The summed E-state index contributed by atoms with van der Waals surface area (Å²) < 4.78 is 0. The van der Waals surface area contributed by atoms with Crippen LogP contribution in [0.2, 0.25) is 0 Å². The van der Waals surface area contributed by atoms with Gasteiger partial charge in [-0.3, -0.25) is 29.8 Å². The van der Waals surface area contributed by atoms with Crippen molar-refractivity contribution in [2.24, 2.45) is 0 Å². The van der Waals surface area contributed by atoms with E-state index in [-0.39, 0.29) is 5.69 Å². The molecule has 0 fully saturated rings. The number of carbonyl (C=O) groups is 2. The van der Waals surface area contributed by atoms with Crippen LogP contribution < -0.4 is 5.32 Å². The number of benzene rings is 1. The molecule has 1 aromatic carbocycles. The fourth-order valence-electron chi connectivity index (χ4n) is 1.31. The topological polar surface area (TPSA) is 132 Å². The molecule has 1 rings (SSSR count). The highest BCUT2D eigenvalue weighted by Gasteiger charge is 2.21. The van der Waals surface area contributed by atoms with Gasteiger partial charge in [0.05, 0.1) is 22.3 Å². The number of amides is 1. The number of hydrogen-bond donors (Lipinski definition) is 1. The molecule has 0 aliphatic carbocycles. The van der Waals surface area contributed by atoms with Crippen molar-refractivity contribution in [1.29, 1.82) is 0 Å². The van der Waals surface area contributed by atoms with E-state index in [1.54, 1.807) is 0 Å². The molecule has 0 aromatic heterocycles. The van der Waals surface area contributed by atoms with Gasteiger partial charge in [0.25, 0.3) is 11.4 Å². The van der Waals surface area contributed by atoms with Gasteiger partial charge in [-0.25, -0.2) is 0 Å². The molecule has 0 aliphatic heterocycles. The first-order valence-corrected chi connectivity index (χ1v) is 5.03. The third kappa shape index (κ3) is 3.84. The molecule has 1 aromatic rings. The van der Waals surface area contributed by atoms with Crippen molar-refractivity contribution in [3.8, 4) is 0 Å². The van der Waals surface area contributed by atoms with Crippen LogP contribution >= 0.6 is 0 Å². The minimum atomic E-state index is -0.851. The summed E-state index contributed by atoms with van der Waals surface area (Å²) in [5.74, 6) is -1.12. The van der Waals surface area contributed by atoms with Gasteiger partial charge < -0.3 is 5.32 Å². The van der Waals surface area contributed by atoms with E-state index in [2.05, 4.69) is 5.32 Å². The van der Waals surface area contributed by atoms with Gasteiger partial charge in [0, 0.05) is 6.07 Å². The number of rotatable bonds is 5. The van der Waals surface area contributed by atoms with Crippen LogP contribution in [0.5, 0.6) is 0 Å². The molecular formula is C10H9N3O6. The maximum Gasteiger partial charge on any atom is 0.299 e. The maximum absolute atomic E-state index is 11.3. The molecule has 0 radical (unpaired) electrons. The van der Waals surface area contributed by atoms with Crippen LogP contribution in [0.4, 0.5) is 17.1 Å². The summed E-state index contributed by atoms with van der Waals surface area (Å²) in [5, 5.41) is 23.4. The van der Waals surface area contributed by atoms with Gasteiger partial charge in [-0.2, -0.15) is 0 Å². The smallest absolute Gasteiger partial charge is 0.299 e. The predicted octanol–water partition coefficient (Wildman–Crippen LogP) is 1.42. The Balaban J connectivity index is 3.07. The molecule has 9 heteroatoms. The highest BCUT2D eigenvalue weighted by atomic mass is 16.6. The van der Waals surface area contributed by atoms with E-state index in [1.807, 2.05) is 0 Å². The number of Topliss-reactive ketones (excluding diaryl/α,β-unsaturated/α-hetero) is 1. The zero-order valence-corrected chi connectivity index (χ0v) is 9.78. The summed E-state index contributed by atoms with van der Waals surface area (Å²) in [4.78, 5) is 41.7. The second kappa shape index (κ2) is 5.67. The lowest BCUT2D eigenvalue weighted by molar-refractivity contribution is -0.393. The van der Waals surface area contributed by atoms with Crippen molar-refractivity contribution in [2.45, 2.75) is 13.3 Å². The third-order valence-electron chi connectivity index (χ3n) is 2.07. The fourth-order valence-corrected chi connectivity index (χ4v) is 1.31. The molecule has 100 valence electrons. The minimum Gasteiger partial charge on any atom is -0.320 e. The number of nitro benzene ring substituents is 2. The van der Waals surface area contributed by atoms with Crippen LogP contribution in [0.15, 0.2) is 18.2 Å². The van der Waals surface area contributed by atoms with Gasteiger partial charge in [-0.1, -0.05) is 0 Å². The lowest BCUT2D eigenvalue weighted by atomic mass is 10.2. The van der Waals surface area contributed by atoms with Crippen LogP contribution in [0.25, 0.3) is 0 Å². The molecule has 0 unspecified atom stereocenters. The second-order valence-electron chi connectivity index (χ2n) is 3.64. The Hall–Kier alpha value is -2.84. The lowest BCUT2D eigenvalue weighted by Gasteiger charge is -2.04. The van der Waals surface area contributed by atoms with Gasteiger partial charge >= 0.3 is 0 Å². The highest BCUT2D eigenvalue weighted by molar-refractivity contribution is 6.04. The SMILES string of the molecule is CC(=O)CC(=O)Nc1ccc([N+](=O)[O-])cc1[N+](=O)[O-]. The van der Waals surface area contributed by atoms with E-state index in [4.69, 9.17) is 0 Å². The molecule has 19 heavy (non-hydrogen) atoms. The maximum atomic E-state index is 11.3. The number of nitrogens with one attached hydrogen (secondary N) is 1.